The second-order valence-corrected chi connectivity index (χ2v) is 3.31. The molecule has 2 aliphatic rings. The van der Waals surface area contributed by atoms with E-state index < -0.39 is 0 Å². The van der Waals surface area contributed by atoms with Crippen LogP contribution in [0.2, 0.25) is 6.32 Å². The molecular weight excluding hydrogens is 125 g/mol. The molecule has 0 aromatic heterocycles. The Hall–Kier alpha value is -0.0151. The summed E-state index contributed by atoms with van der Waals surface area (Å²) >= 11 is 0. The van der Waals surface area contributed by atoms with Crippen molar-refractivity contribution in [3.63, 3.8) is 0 Å². The Morgan fingerprint density at radius 2 is 2.60 bits per heavy atom. The van der Waals surface area contributed by atoms with Crippen molar-refractivity contribution in [2.24, 2.45) is 0 Å². The summed E-state index contributed by atoms with van der Waals surface area (Å²) < 4.78 is 5.69. The highest BCUT2D eigenvalue weighted by molar-refractivity contribution is 6.53. The maximum atomic E-state index is 5.69. The normalized spacial score (nSPS) is 33.3. The lowest BCUT2D eigenvalue weighted by atomic mass is 9.65. The Labute approximate surface area is 62.6 Å². The first kappa shape index (κ1) is 6.68. The van der Waals surface area contributed by atoms with Crippen molar-refractivity contribution < 1.29 is 4.65 Å². The van der Waals surface area contributed by atoms with Crippen LogP contribution >= 0.6 is 0 Å². The first-order valence-corrected chi connectivity index (χ1v) is 4.26. The molecule has 2 fully saturated rings. The average molecular weight is 139 g/mol. The van der Waals surface area contributed by atoms with Crippen molar-refractivity contribution in [2.45, 2.75) is 25.8 Å². The van der Waals surface area contributed by atoms with Crippen LogP contribution in [0.3, 0.4) is 0 Å². The molecule has 0 radical (unpaired) electrons. The van der Waals surface area contributed by atoms with E-state index in [9.17, 15) is 0 Å². The van der Waals surface area contributed by atoms with Gasteiger partial charge in [0.15, 0.2) is 0 Å². The van der Waals surface area contributed by atoms with E-state index >= 15 is 0 Å². The molecule has 0 aromatic rings. The summed E-state index contributed by atoms with van der Waals surface area (Å²) in [6.45, 7) is 5.16. The van der Waals surface area contributed by atoms with Gasteiger partial charge in [-0.1, -0.05) is 6.92 Å². The summed E-state index contributed by atoms with van der Waals surface area (Å²) in [6, 6.07) is 0. The molecular formula is C7H14BNO. The minimum absolute atomic E-state index is 0.568. The minimum Gasteiger partial charge on any atom is -0.431 e. The third kappa shape index (κ3) is 1.08. The smallest absolute Gasteiger partial charge is 0.307 e. The Kier molecular flexibility index (Phi) is 1.70. The van der Waals surface area contributed by atoms with E-state index in [1.807, 2.05) is 0 Å². The van der Waals surface area contributed by atoms with E-state index in [2.05, 4.69) is 11.8 Å². The molecule has 0 spiro atoms. The summed E-state index contributed by atoms with van der Waals surface area (Å²) in [5, 5.41) is 0. The Bertz CT molecular complexity index is 119. The molecule has 2 bridgehead atoms. The SMILES string of the molecule is CCN1CB2CCC(C1)O2. The summed E-state index contributed by atoms with van der Waals surface area (Å²) in [7, 11) is 0. The predicted molar refractivity (Wildman–Crippen MR) is 42.2 cm³/mol. The van der Waals surface area contributed by atoms with Gasteiger partial charge in [0.05, 0.1) is 6.10 Å². The fraction of sp³-hybridized carbons (Fsp3) is 1.00. The maximum Gasteiger partial charge on any atom is 0.307 e. The van der Waals surface area contributed by atoms with Crippen molar-refractivity contribution in [1.82, 2.24) is 4.90 Å². The van der Waals surface area contributed by atoms with Gasteiger partial charge in [-0.15, -0.1) is 0 Å². The first-order chi connectivity index (χ1) is 4.88. The van der Waals surface area contributed by atoms with E-state index in [1.54, 1.807) is 0 Å². The molecule has 2 rings (SSSR count). The summed E-state index contributed by atoms with van der Waals surface area (Å²) in [4.78, 5) is 2.49. The van der Waals surface area contributed by atoms with E-state index in [0.717, 1.165) is 0 Å². The molecule has 56 valence electrons. The van der Waals surface area contributed by atoms with Gasteiger partial charge >= 0.3 is 6.92 Å². The maximum absolute atomic E-state index is 5.69. The highest BCUT2D eigenvalue weighted by atomic mass is 16.5. The monoisotopic (exact) mass is 139 g/mol. The second-order valence-electron chi connectivity index (χ2n) is 3.31. The van der Waals surface area contributed by atoms with E-state index in [4.69, 9.17) is 4.65 Å². The van der Waals surface area contributed by atoms with Crippen LogP contribution in [-0.2, 0) is 4.65 Å². The van der Waals surface area contributed by atoms with Crippen LogP contribution < -0.4 is 0 Å². The molecule has 0 N–H and O–H groups in total. The molecule has 2 nitrogen and oxygen atoms in total. The second kappa shape index (κ2) is 2.55. The summed E-state index contributed by atoms with van der Waals surface area (Å²) in [5.74, 6) is 0. The van der Waals surface area contributed by atoms with Crippen LogP contribution in [0.15, 0.2) is 0 Å². The topological polar surface area (TPSA) is 12.5 Å². The van der Waals surface area contributed by atoms with Gasteiger partial charge in [0.1, 0.15) is 0 Å². The number of fused-ring (bicyclic) bond motifs is 2. The van der Waals surface area contributed by atoms with Gasteiger partial charge in [-0.2, -0.15) is 0 Å². The Morgan fingerprint density at radius 1 is 1.70 bits per heavy atom. The first-order valence-electron chi connectivity index (χ1n) is 4.26. The molecule has 2 aliphatic heterocycles. The van der Waals surface area contributed by atoms with Crippen LogP contribution in [0, 0.1) is 0 Å². The molecule has 0 saturated carbocycles. The molecule has 2 heterocycles. The van der Waals surface area contributed by atoms with Gasteiger partial charge in [-0.05, 0) is 19.3 Å². The molecule has 1 unspecified atom stereocenters. The fourth-order valence-corrected chi connectivity index (χ4v) is 1.96. The largest absolute Gasteiger partial charge is 0.431 e. The Morgan fingerprint density at radius 3 is 3.30 bits per heavy atom. The van der Waals surface area contributed by atoms with Gasteiger partial charge in [-0.3, -0.25) is 0 Å². The average Bonchev–Trinajstić information content (AvgIpc) is 2.30. The minimum atomic E-state index is 0.568. The number of likely N-dealkylation sites (N-methyl/N-ethyl adjacent to an activating group) is 1. The van der Waals surface area contributed by atoms with E-state index in [1.165, 1.54) is 32.3 Å². The number of rotatable bonds is 1. The quantitative estimate of drug-likeness (QED) is 0.494. The van der Waals surface area contributed by atoms with Gasteiger partial charge in [0, 0.05) is 13.0 Å². The van der Waals surface area contributed by atoms with Crippen LogP contribution in [0.1, 0.15) is 13.3 Å². The number of hydrogen-bond acceptors (Lipinski definition) is 2. The van der Waals surface area contributed by atoms with Crippen LogP contribution in [0.5, 0.6) is 0 Å². The van der Waals surface area contributed by atoms with Crippen molar-refractivity contribution >= 4 is 6.92 Å². The van der Waals surface area contributed by atoms with Crippen LogP contribution in [0.4, 0.5) is 0 Å². The Balaban J connectivity index is 1.96. The van der Waals surface area contributed by atoms with Gasteiger partial charge in [0.25, 0.3) is 0 Å². The highest BCUT2D eigenvalue weighted by Gasteiger charge is 2.35. The zero-order valence-corrected chi connectivity index (χ0v) is 6.55. The van der Waals surface area contributed by atoms with Gasteiger partial charge < -0.3 is 9.55 Å². The van der Waals surface area contributed by atoms with Gasteiger partial charge in [0.2, 0.25) is 0 Å². The fourth-order valence-electron chi connectivity index (χ4n) is 1.96. The van der Waals surface area contributed by atoms with Crippen molar-refractivity contribution in [3.05, 3.63) is 0 Å². The molecule has 0 amide bonds. The molecule has 2 saturated heterocycles. The highest BCUT2D eigenvalue weighted by Crippen LogP contribution is 2.23. The third-order valence-corrected chi connectivity index (χ3v) is 2.57. The predicted octanol–water partition coefficient (Wildman–Crippen LogP) is 0.641. The summed E-state index contributed by atoms with van der Waals surface area (Å²) in [6.07, 6.45) is 4.33. The zero-order chi connectivity index (χ0) is 6.97. The van der Waals surface area contributed by atoms with Crippen molar-refractivity contribution in [2.75, 3.05) is 19.5 Å². The number of hydrogen-bond donors (Lipinski definition) is 0. The molecule has 1 atom stereocenters. The lowest BCUT2D eigenvalue weighted by molar-refractivity contribution is 0.129. The molecule has 10 heavy (non-hydrogen) atoms. The number of nitrogens with zero attached hydrogens (tertiary/aromatic N) is 1. The lowest BCUT2D eigenvalue weighted by Gasteiger charge is -2.29. The van der Waals surface area contributed by atoms with E-state index in [0.29, 0.717) is 13.0 Å². The van der Waals surface area contributed by atoms with Crippen LogP contribution in [-0.4, -0.2) is 37.5 Å². The molecule has 3 heteroatoms. The molecule has 0 aromatic carbocycles. The van der Waals surface area contributed by atoms with E-state index in [-0.39, 0.29) is 0 Å². The zero-order valence-electron chi connectivity index (χ0n) is 6.55. The van der Waals surface area contributed by atoms with Crippen molar-refractivity contribution in [3.8, 4) is 0 Å². The van der Waals surface area contributed by atoms with Crippen molar-refractivity contribution in [1.29, 1.82) is 0 Å². The van der Waals surface area contributed by atoms with Gasteiger partial charge in [-0.25, -0.2) is 0 Å². The third-order valence-electron chi connectivity index (χ3n) is 2.57. The van der Waals surface area contributed by atoms with Crippen LogP contribution in [0.25, 0.3) is 0 Å². The lowest BCUT2D eigenvalue weighted by Crippen LogP contribution is -2.44. The molecule has 0 aliphatic carbocycles. The summed E-state index contributed by atoms with van der Waals surface area (Å²) in [5.41, 5.74) is 0. The standard InChI is InChI=1S/C7H14BNO/c1-2-9-5-7-3-4-8(6-9)10-7/h7H,2-6H2,1H3.